The number of amides is 1. The number of carbonyl (C=O) groups excluding carboxylic acids is 1. The van der Waals surface area contributed by atoms with Gasteiger partial charge in [-0.25, -0.2) is 0 Å². The number of nitrogens with one attached hydrogen (secondary N) is 1. The molecule has 0 saturated heterocycles. The van der Waals surface area contributed by atoms with Gasteiger partial charge in [0.05, 0.1) is 5.92 Å². The summed E-state index contributed by atoms with van der Waals surface area (Å²) in [5.74, 6) is 2.04. The van der Waals surface area contributed by atoms with Crippen LogP contribution in [0.25, 0.3) is 0 Å². The zero-order valence-electron chi connectivity index (χ0n) is 18.6. The summed E-state index contributed by atoms with van der Waals surface area (Å²) >= 11 is 0. The highest BCUT2D eigenvalue weighted by Gasteiger charge is 2.49. The van der Waals surface area contributed by atoms with Crippen LogP contribution in [0.15, 0.2) is 24.3 Å². The lowest BCUT2D eigenvalue weighted by Crippen LogP contribution is -2.56. The van der Waals surface area contributed by atoms with E-state index in [0.717, 1.165) is 36.1 Å². The number of aliphatic carboxylic acids is 1. The minimum atomic E-state index is -0.767. The molecular formula is C26H33N3O3. The minimum absolute atomic E-state index is 0.0809. The Kier molecular flexibility index (Phi) is 4.99. The van der Waals surface area contributed by atoms with Crippen LogP contribution in [0.3, 0.4) is 0 Å². The van der Waals surface area contributed by atoms with Crippen LogP contribution in [-0.2, 0) is 24.2 Å². The lowest BCUT2D eigenvalue weighted by Gasteiger charge is -2.54. The minimum Gasteiger partial charge on any atom is -0.481 e. The Morgan fingerprint density at radius 1 is 1.09 bits per heavy atom. The zero-order chi connectivity index (χ0) is 21.8. The maximum absolute atomic E-state index is 13.5. The average molecular weight is 436 g/mol. The van der Waals surface area contributed by atoms with E-state index < -0.39 is 11.9 Å². The molecule has 0 aliphatic heterocycles. The normalized spacial score (nSPS) is 36.8. The fourth-order valence-electron chi connectivity index (χ4n) is 7.60. The summed E-state index contributed by atoms with van der Waals surface area (Å²) in [4.78, 5) is 25.2. The van der Waals surface area contributed by atoms with Crippen molar-refractivity contribution in [1.82, 2.24) is 15.1 Å². The molecule has 7 rings (SSSR count). The van der Waals surface area contributed by atoms with Crippen molar-refractivity contribution in [3.63, 3.8) is 0 Å². The summed E-state index contributed by atoms with van der Waals surface area (Å²) in [6.07, 6.45) is 17.6. The first kappa shape index (κ1) is 20.3. The van der Waals surface area contributed by atoms with E-state index in [1.54, 1.807) is 0 Å². The van der Waals surface area contributed by atoms with Crippen molar-refractivity contribution in [2.24, 2.45) is 35.5 Å². The highest BCUT2D eigenvalue weighted by atomic mass is 16.4. The lowest BCUT2D eigenvalue weighted by molar-refractivity contribution is -0.142. The maximum atomic E-state index is 13.5. The summed E-state index contributed by atoms with van der Waals surface area (Å²) in [5, 5.41) is 17.8. The SMILES string of the molecule is O=C(NC1C2CC3CC(C2)CC1C3)c1nn(CC2C=CC=CC2)c2c1CC(C(=O)O)CC2. The van der Waals surface area contributed by atoms with Gasteiger partial charge >= 0.3 is 5.97 Å². The fourth-order valence-corrected chi connectivity index (χ4v) is 7.60. The first-order valence-corrected chi connectivity index (χ1v) is 12.5. The first-order valence-electron chi connectivity index (χ1n) is 12.5. The van der Waals surface area contributed by atoms with Gasteiger partial charge in [0.25, 0.3) is 5.91 Å². The number of nitrogens with zero attached hydrogens (tertiary/aromatic N) is 2. The van der Waals surface area contributed by atoms with Crippen LogP contribution in [0.1, 0.15) is 66.7 Å². The van der Waals surface area contributed by atoms with Crippen molar-refractivity contribution in [3.8, 4) is 0 Å². The largest absolute Gasteiger partial charge is 0.481 e. The summed E-state index contributed by atoms with van der Waals surface area (Å²) in [7, 11) is 0. The predicted molar refractivity (Wildman–Crippen MR) is 120 cm³/mol. The fraction of sp³-hybridized carbons (Fsp3) is 0.654. The second-order valence-electron chi connectivity index (χ2n) is 11.0. The number of carbonyl (C=O) groups is 2. The topological polar surface area (TPSA) is 84.2 Å². The molecule has 2 N–H and O–H groups in total. The second kappa shape index (κ2) is 7.89. The molecule has 0 spiro atoms. The van der Waals surface area contributed by atoms with Crippen molar-refractivity contribution in [2.45, 2.75) is 70.4 Å². The van der Waals surface area contributed by atoms with Crippen LogP contribution in [0.5, 0.6) is 0 Å². The highest BCUT2D eigenvalue weighted by molar-refractivity contribution is 5.94. The Bertz CT molecular complexity index is 963. The smallest absolute Gasteiger partial charge is 0.306 e. The zero-order valence-corrected chi connectivity index (χ0v) is 18.6. The second-order valence-corrected chi connectivity index (χ2v) is 11.0. The molecule has 1 aromatic heterocycles. The van der Waals surface area contributed by atoms with Crippen molar-refractivity contribution < 1.29 is 14.7 Å². The van der Waals surface area contributed by atoms with Crippen LogP contribution in [0, 0.1) is 35.5 Å². The Labute approximate surface area is 189 Å². The number of aromatic nitrogens is 2. The number of fused-ring (bicyclic) bond motifs is 1. The molecule has 170 valence electrons. The first-order chi connectivity index (χ1) is 15.5. The summed E-state index contributed by atoms with van der Waals surface area (Å²) < 4.78 is 2.01. The van der Waals surface area contributed by atoms with Crippen LogP contribution in [0.2, 0.25) is 0 Å². The van der Waals surface area contributed by atoms with Crippen molar-refractivity contribution >= 4 is 11.9 Å². The van der Waals surface area contributed by atoms with Gasteiger partial charge in [-0.2, -0.15) is 5.10 Å². The van der Waals surface area contributed by atoms with E-state index in [9.17, 15) is 14.7 Å². The quantitative estimate of drug-likeness (QED) is 0.738. The van der Waals surface area contributed by atoms with Gasteiger partial charge < -0.3 is 10.4 Å². The van der Waals surface area contributed by atoms with Gasteiger partial charge in [0.2, 0.25) is 0 Å². The molecule has 1 amide bonds. The van der Waals surface area contributed by atoms with E-state index in [1.807, 2.05) is 4.68 Å². The van der Waals surface area contributed by atoms with Crippen molar-refractivity contribution in [2.75, 3.05) is 0 Å². The number of carboxylic acids is 1. The van der Waals surface area contributed by atoms with E-state index in [2.05, 4.69) is 29.6 Å². The Morgan fingerprint density at radius 2 is 1.84 bits per heavy atom. The van der Waals surface area contributed by atoms with E-state index in [4.69, 9.17) is 5.10 Å². The van der Waals surface area contributed by atoms with Crippen LogP contribution in [-0.4, -0.2) is 32.8 Å². The average Bonchev–Trinajstić information content (AvgIpc) is 3.14. The van der Waals surface area contributed by atoms with E-state index >= 15 is 0 Å². The molecule has 4 bridgehead atoms. The van der Waals surface area contributed by atoms with Crippen molar-refractivity contribution in [3.05, 3.63) is 41.3 Å². The third kappa shape index (κ3) is 3.52. The standard InChI is InChI=1S/C26H33N3O3/c30-25(27-23-19-9-16-8-17(11-19)12-20(23)10-16)24-21-13-18(26(31)32)6-7-22(21)29(28-24)14-15-4-2-1-3-5-15/h1-4,15-20,23H,5-14H2,(H,27,30)(H,31,32). The third-order valence-corrected chi connectivity index (χ3v) is 8.91. The van der Waals surface area contributed by atoms with E-state index in [-0.39, 0.29) is 11.9 Å². The van der Waals surface area contributed by atoms with Crippen molar-refractivity contribution in [1.29, 1.82) is 0 Å². The Morgan fingerprint density at radius 3 is 2.50 bits per heavy atom. The van der Waals surface area contributed by atoms with Gasteiger partial charge in [0.15, 0.2) is 5.69 Å². The molecule has 2 unspecified atom stereocenters. The lowest BCUT2D eigenvalue weighted by atomic mass is 9.54. The molecule has 4 fully saturated rings. The van der Waals surface area contributed by atoms with Crippen LogP contribution >= 0.6 is 0 Å². The third-order valence-electron chi connectivity index (χ3n) is 8.91. The van der Waals surface area contributed by atoms with E-state index in [0.29, 0.717) is 42.7 Å². The summed E-state index contributed by atoms with van der Waals surface area (Å²) in [6.45, 7) is 0.742. The Balaban J connectivity index is 1.26. The molecule has 1 heterocycles. The number of carboxylic acid groups (broad SMARTS) is 1. The van der Waals surface area contributed by atoms with Gasteiger partial charge in [-0.15, -0.1) is 0 Å². The van der Waals surface area contributed by atoms with Gasteiger partial charge in [0.1, 0.15) is 0 Å². The molecule has 4 saturated carbocycles. The molecule has 0 aromatic carbocycles. The van der Waals surface area contributed by atoms with Gasteiger partial charge in [-0.05, 0) is 81.5 Å². The van der Waals surface area contributed by atoms with E-state index in [1.165, 1.54) is 32.1 Å². The molecule has 0 radical (unpaired) electrons. The molecule has 6 aliphatic carbocycles. The number of allylic oxidation sites excluding steroid dienone is 4. The molecule has 2 atom stereocenters. The molecular weight excluding hydrogens is 402 g/mol. The molecule has 6 heteroatoms. The molecule has 6 nitrogen and oxygen atoms in total. The Hall–Kier alpha value is -2.37. The van der Waals surface area contributed by atoms with Crippen LogP contribution in [0.4, 0.5) is 0 Å². The monoisotopic (exact) mass is 435 g/mol. The number of hydrogen-bond acceptors (Lipinski definition) is 3. The molecule has 6 aliphatic rings. The van der Waals surface area contributed by atoms with Gasteiger partial charge in [0, 0.05) is 29.8 Å². The summed E-state index contributed by atoms with van der Waals surface area (Å²) in [5.41, 5.74) is 2.43. The van der Waals surface area contributed by atoms with Gasteiger partial charge in [-0.1, -0.05) is 24.3 Å². The van der Waals surface area contributed by atoms with Gasteiger partial charge in [-0.3, -0.25) is 14.3 Å². The number of hydrogen-bond donors (Lipinski definition) is 2. The molecule has 32 heavy (non-hydrogen) atoms. The summed E-state index contributed by atoms with van der Waals surface area (Å²) in [6, 6.07) is 0.265. The highest BCUT2D eigenvalue weighted by Crippen LogP contribution is 2.53. The predicted octanol–water partition coefficient (Wildman–Crippen LogP) is 3.76. The molecule has 1 aromatic rings. The maximum Gasteiger partial charge on any atom is 0.306 e. The van der Waals surface area contributed by atoms with Crippen LogP contribution < -0.4 is 5.32 Å². The number of rotatable bonds is 5.